The van der Waals surface area contributed by atoms with E-state index in [2.05, 4.69) is 12.2 Å². The maximum atomic E-state index is 11.8. The van der Waals surface area contributed by atoms with Crippen molar-refractivity contribution in [3.8, 4) is 5.75 Å². The molecule has 0 radical (unpaired) electrons. The zero-order valence-electron chi connectivity index (χ0n) is 12.7. The summed E-state index contributed by atoms with van der Waals surface area (Å²) in [4.78, 5) is 22.5. The predicted octanol–water partition coefficient (Wildman–Crippen LogP) is 2.80. The van der Waals surface area contributed by atoms with Crippen molar-refractivity contribution < 1.29 is 14.3 Å². The van der Waals surface area contributed by atoms with Crippen LogP contribution in [0.15, 0.2) is 12.1 Å². The molecule has 110 valence electrons. The van der Waals surface area contributed by atoms with Crippen LogP contribution in [0.3, 0.4) is 0 Å². The average Bonchev–Trinajstić information content (AvgIpc) is 2.37. The van der Waals surface area contributed by atoms with Crippen LogP contribution in [0, 0.1) is 13.8 Å². The topological polar surface area (TPSA) is 55.4 Å². The Morgan fingerprint density at radius 3 is 2.45 bits per heavy atom. The Balaban J connectivity index is 2.62. The number of rotatable bonds is 7. The third-order valence-corrected chi connectivity index (χ3v) is 3.10. The molecule has 1 unspecified atom stereocenters. The fourth-order valence-electron chi connectivity index (χ4n) is 2.24. The van der Waals surface area contributed by atoms with Crippen LogP contribution < -0.4 is 10.1 Å². The van der Waals surface area contributed by atoms with Crippen LogP contribution in [0.25, 0.3) is 0 Å². The lowest BCUT2D eigenvalue weighted by Gasteiger charge is -2.15. The van der Waals surface area contributed by atoms with Gasteiger partial charge in [-0.05, 0) is 50.5 Å². The van der Waals surface area contributed by atoms with Gasteiger partial charge in [0.25, 0.3) is 5.91 Å². The van der Waals surface area contributed by atoms with Crippen molar-refractivity contribution in [2.24, 2.45) is 0 Å². The molecule has 1 aromatic rings. The maximum absolute atomic E-state index is 11.8. The highest BCUT2D eigenvalue weighted by Gasteiger charge is 2.10. The Morgan fingerprint density at radius 1 is 1.35 bits per heavy atom. The highest BCUT2D eigenvalue weighted by atomic mass is 16.5. The molecule has 0 heterocycles. The number of hydrogen-bond donors (Lipinski definition) is 1. The van der Waals surface area contributed by atoms with Crippen molar-refractivity contribution in [2.75, 3.05) is 6.61 Å². The molecule has 1 amide bonds. The predicted molar refractivity (Wildman–Crippen MR) is 79.3 cm³/mol. The normalized spacial score (nSPS) is 11.8. The average molecular weight is 277 g/mol. The molecular weight excluding hydrogens is 254 g/mol. The zero-order chi connectivity index (χ0) is 15.1. The van der Waals surface area contributed by atoms with Gasteiger partial charge in [0.2, 0.25) is 0 Å². The molecule has 0 aliphatic rings. The van der Waals surface area contributed by atoms with E-state index in [4.69, 9.17) is 4.74 Å². The first-order valence-corrected chi connectivity index (χ1v) is 6.96. The van der Waals surface area contributed by atoms with Gasteiger partial charge in [-0.2, -0.15) is 0 Å². The minimum absolute atomic E-state index is 0.00380. The van der Waals surface area contributed by atoms with E-state index in [-0.39, 0.29) is 18.6 Å². The molecule has 0 fully saturated rings. The SMILES string of the molecule is CCCC(C)NC(=O)COc1c(C)cc(C=O)cc1C. The second-order valence-electron chi connectivity index (χ2n) is 5.15. The summed E-state index contributed by atoms with van der Waals surface area (Å²) in [6.45, 7) is 7.80. The molecule has 0 saturated heterocycles. The summed E-state index contributed by atoms with van der Waals surface area (Å²) in [6.07, 6.45) is 2.80. The van der Waals surface area contributed by atoms with E-state index in [1.54, 1.807) is 12.1 Å². The van der Waals surface area contributed by atoms with Gasteiger partial charge in [-0.1, -0.05) is 13.3 Å². The fraction of sp³-hybridized carbons (Fsp3) is 0.500. The van der Waals surface area contributed by atoms with Gasteiger partial charge in [0.15, 0.2) is 6.61 Å². The molecule has 4 heteroatoms. The van der Waals surface area contributed by atoms with Crippen molar-refractivity contribution in [1.29, 1.82) is 0 Å². The molecule has 0 bridgehead atoms. The monoisotopic (exact) mass is 277 g/mol. The molecule has 1 N–H and O–H groups in total. The fourth-order valence-corrected chi connectivity index (χ4v) is 2.24. The van der Waals surface area contributed by atoms with E-state index in [1.165, 1.54) is 0 Å². The number of hydrogen-bond acceptors (Lipinski definition) is 3. The van der Waals surface area contributed by atoms with Crippen molar-refractivity contribution in [2.45, 2.75) is 46.6 Å². The quantitative estimate of drug-likeness (QED) is 0.780. The highest BCUT2D eigenvalue weighted by molar-refractivity contribution is 5.78. The summed E-state index contributed by atoms with van der Waals surface area (Å²) < 4.78 is 5.58. The van der Waals surface area contributed by atoms with Gasteiger partial charge in [0.1, 0.15) is 12.0 Å². The second kappa shape index (κ2) is 7.68. The van der Waals surface area contributed by atoms with E-state index >= 15 is 0 Å². The van der Waals surface area contributed by atoms with E-state index < -0.39 is 0 Å². The van der Waals surface area contributed by atoms with Gasteiger partial charge < -0.3 is 10.1 Å². The summed E-state index contributed by atoms with van der Waals surface area (Å²) in [6, 6.07) is 3.68. The highest BCUT2D eigenvalue weighted by Crippen LogP contribution is 2.24. The third kappa shape index (κ3) is 4.68. The van der Waals surface area contributed by atoms with Crippen LogP contribution in [0.4, 0.5) is 0 Å². The van der Waals surface area contributed by atoms with E-state index in [9.17, 15) is 9.59 Å². The summed E-state index contributed by atoms with van der Waals surface area (Å²) >= 11 is 0. The first kappa shape index (κ1) is 16.2. The smallest absolute Gasteiger partial charge is 0.258 e. The standard InChI is InChI=1S/C16H23NO3/c1-5-6-13(4)17-15(19)10-20-16-11(2)7-14(9-18)8-12(16)3/h7-9,13H,5-6,10H2,1-4H3,(H,17,19). The molecule has 0 saturated carbocycles. The van der Waals surface area contributed by atoms with Crippen molar-refractivity contribution in [3.63, 3.8) is 0 Å². The number of ether oxygens (including phenoxy) is 1. The molecular formula is C16H23NO3. The number of aryl methyl sites for hydroxylation is 2. The lowest BCUT2D eigenvalue weighted by molar-refractivity contribution is -0.123. The van der Waals surface area contributed by atoms with Gasteiger partial charge >= 0.3 is 0 Å². The number of nitrogens with one attached hydrogen (secondary N) is 1. The molecule has 0 spiro atoms. The van der Waals surface area contributed by atoms with Gasteiger partial charge in [0.05, 0.1) is 0 Å². The third-order valence-electron chi connectivity index (χ3n) is 3.10. The largest absolute Gasteiger partial charge is 0.483 e. The Kier molecular flexibility index (Phi) is 6.22. The van der Waals surface area contributed by atoms with Gasteiger partial charge in [-0.3, -0.25) is 9.59 Å². The Hall–Kier alpha value is -1.84. The van der Waals surface area contributed by atoms with E-state index in [0.717, 1.165) is 30.3 Å². The molecule has 20 heavy (non-hydrogen) atoms. The number of carbonyl (C=O) groups excluding carboxylic acids is 2. The van der Waals surface area contributed by atoms with E-state index in [1.807, 2.05) is 20.8 Å². The summed E-state index contributed by atoms with van der Waals surface area (Å²) in [5, 5.41) is 2.89. The maximum Gasteiger partial charge on any atom is 0.258 e. The molecule has 0 aromatic heterocycles. The van der Waals surface area contributed by atoms with Crippen LogP contribution in [-0.4, -0.2) is 24.8 Å². The molecule has 1 aromatic carbocycles. The van der Waals surface area contributed by atoms with Crippen LogP contribution in [0.1, 0.15) is 48.2 Å². The number of aldehydes is 1. The van der Waals surface area contributed by atoms with Gasteiger partial charge in [0, 0.05) is 11.6 Å². The lowest BCUT2D eigenvalue weighted by Crippen LogP contribution is -2.36. The number of benzene rings is 1. The van der Waals surface area contributed by atoms with Crippen LogP contribution in [0.2, 0.25) is 0 Å². The Labute approximate surface area is 120 Å². The molecule has 1 rings (SSSR count). The zero-order valence-corrected chi connectivity index (χ0v) is 12.7. The minimum Gasteiger partial charge on any atom is -0.483 e. The molecule has 4 nitrogen and oxygen atoms in total. The van der Waals surface area contributed by atoms with Crippen molar-refractivity contribution in [3.05, 3.63) is 28.8 Å². The summed E-state index contributed by atoms with van der Waals surface area (Å²) in [7, 11) is 0. The van der Waals surface area contributed by atoms with Gasteiger partial charge in [-0.15, -0.1) is 0 Å². The Morgan fingerprint density at radius 2 is 1.95 bits per heavy atom. The van der Waals surface area contributed by atoms with E-state index in [0.29, 0.717) is 11.3 Å². The van der Waals surface area contributed by atoms with Crippen LogP contribution in [-0.2, 0) is 4.79 Å². The van der Waals surface area contributed by atoms with Crippen LogP contribution >= 0.6 is 0 Å². The Bertz CT molecular complexity index is 460. The first-order chi connectivity index (χ1) is 9.47. The minimum atomic E-state index is -0.121. The summed E-state index contributed by atoms with van der Waals surface area (Å²) in [5.74, 6) is 0.554. The second-order valence-corrected chi connectivity index (χ2v) is 5.15. The number of carbonyl (C=O) groups is 2. The summed E-state index contributed by atoms with van der Waals surface area (Å²) in [5.41, 5.74) is 2.34. The van der Waals surface area contributed by atoms with Crippen LogP contribution in [0.5, 0.6) is 5.75 Å². The molecule has 0 aliphatic heterocycles. The lowest BCUT2D eigenvalue weighted by atomic mass is 10.1. The van der Waals surface area contributed by atoms with Crippen molar-refractivity contribution in [1.82, 2.24) is 5.32 Å². The first-order valence-electron chi connectivity index (χ1n) is 6.96. The number of amides is 1. The molecule has 0 aliphatic carbocycles. The van der Waals surface area contributed by atoms with Crippen molar-refractivity contribution >= 4 is 12.2 Å². The van der Waals surface area contributed by atoms with Gasteiger partial charge in [-0.25, -0.2) is 0 Å². The molecule has 1 atom stereocenters.